The molecule has 1 aromatic carbocycles. The number of carbonyl (C=O) groups is 1. The maximum absolute atomic E-state index is 13.9. The molecule has 2 aromatic rings. The molecule has 0 unspecified atom stereocenters. The number of alkyl halides is 3. The lowest BCUT2D eigenvalue weighted by atomic mass is 10.0. The number of halogens is 4. The molecule has 2 aliphatic rings. The molecule has 0 amide bonds. The van der Waals surface area contributed by atoms with E-state index in [1.807, 2.05) is 18.2 Å². The van der Waals surface area contributed by atoms with Crippen LogP contribution in [0.4, 0.5) is 13.2 Å². The van der Waals surface area contributed by atoms with Gasteiger partial charge in [0.1, 0.15) is 16.3 Å². The Labute approximate surface area is 243 Å². The second-order valence-electron chi connectivity index (χ2n) is 8.80. The van der Waals surface area contributed by atoms with Crippen molar-refractivity contribution >= 4 is 39.4 Å². The SMILES string of the molecule is N#Cc1cc(C(F)(F)F)ncc1-c1cc(S(=O)(=O)N2C=CSC(CC3=CC=CCC3)=C2)c(OCCC(=O)O)cc1Cl. The third-order valence-corrected chi connectivity index (χ3v) is 8.75. The third-order valence-electron chi connectivity index (χ3n) is 5.97. The van der Waals surface area contributed by atoms with Gasteiger partial charge in [-0.3, -0.25) is 9.78 Å². The van der Waals surface area contributed by atoms with Gasteiger partial charge in [0.05, 0.1) is 29.7 Å². The molecule has 0 saturated heterocycles. The lowest BCUT2D eigenvalue weighted by molar-refractivity contribution is -0.141. The van der Waals surface area contributed by atoms with E-state index in [2.05, 4.69) is 4.98 Å². The van der Waals surface area contributed by atoms with Gasteiger partial charge in [-0.05, 0) is 30.4 Å². The number of nitrogens with zero attached hydrogens (tertiary/aromatic N) is 3. The van der Waals surface area contributed by atoms with Crippen LogP contribution >= 0.6 is 23.4 Å². The summed E-state index contributed by atoms with van der Waals surface area (Å²) >= 11 is 7.76. The van der Waals surface area contributed by atoms with Gasteiger partial charge in [0.25, 0.3) is 10.0 Å². The molecule has 8 nitrogen and oxygen atoms in total. The molecule has 214 valence electrons. The van der Waals surface area contributed by atoms with Gasteiger partial charge in [-0.25, -0.2) is 12.7 Å². The van der Waals surface area contributed by atoms with E-state index < -0.39 is 44.7 Å². The Kier molecular flexibility index (Phi) is 9.16. The zero-order valence-corrected chi connectivity index (χ0v) is 23.4. The molecular weight excluding hydrogens is 603 g/mol. The average Bonchev–Trinajstić information content (AvgIpc) is 2.93. The molecular formula is C27H21ClF3N3O5S2. The summed E-state index contributed by atoms with van der Waals surface area (Å²) in [6.07, 6.45) is 6.55. The number of benzene rings is 1. The Hall–Kier alpha value is -3.73. The third kappa shape index (κ3) is 7.13. The van der Waals surface area contributed by atoms with Crippen molar-refractivity contribution in [3.05, 3.63) is 87.2 Å². The Morgan fingerprint density at radius 2 is 2.05 bits per heavy atom. The quantitative estimate of drug-likeness (QED) is 0.321. The van der Waals surface area contributed by atoms with Crippen LogP contribution in [0, 0.1) is 11.3 Å². The average molecular weight is 624 g/mol. The van der Waals surface area contributed by atoms with E-state index in [-0.39, 0.29) is 28.5 Å². The van der Waals surface area contributed by atoms with E-state index >= 15 is 0 Å². The van der Waals surface area contributed by atoms with Crippen molar-refractivity contribution in [1.29, 1.82) is 5.26 Å². The van der Waals surface area contributed by atoms with Crippen LogP contribution in [0.15, 0.2) is 75.8 Å². The monoisotopic (exact) mass is 623 g/mol. The molecule has 0 bridgehead atoms. The lowest BCUT2D eigenvalue weighted by Gasteiger charge is -2.24. The van der Waals surface area contributed by atoms with Crippen LogP contribution < -0.4 is 4.74 Å². The highest BCUT2D eigenvalue weighted by molar-refractivity contribution is 8.05. The molecule has 1 N–H and O–H groups in total. The summed E-state index contributed by atoms with van der Waals surface area (Å²) in [5.74, 6) is -1.44. The first-order valence-corrected chi connectivity index (χ1v) is 14.7. The number of aromatic nitrogens is 1. The molecule has 0 radical (unpaired) electrons. The Morgan fingerprint density at radius 3 is 2.71 bits per heavy atom. The highest BCUT2D eigenvalue weighted by Gasteiger charge is 2.34. The number of hydrogen-bond acceptors (Lipinski definition) is 7. The van der Waals surface area contributed by atoms with Crippen LogP contribution in [0.5, 0.6) is 5.75 Å². The summed E-state index contributed by atoms with van der Waals surface area (Å²) in [7, 11) is -4.41. The number of sulfonamides is 1. The minimum Gasteiger partial charge on any atom is -0.491 e. The van der Waals surface area contributed by atoms with Crippen LogP contribution in [-0.4, -0.2) is 35.4 Å². The fraction of sp³-hybridized carbons (Fsp3) is 0.222. The van der Waals surface area contributed by atoms with E-state index in [0.717, 1.165) is 46.0 Å². The number of ether oxygens (including phenoxy) is 1. The van der Waals surface area contributed by atoms with Gasteiger partial charge in [0.15, 0.2) is 0 Å². The molecule has 0 saturated carbocycles. The molecule has 0 atom stereocenters. The lowest BCUT2D eigenvalue weighted by Crippen LogP contribution is -2.23. The van der Waals surface area contributed by atoms with Gasteiger partial charge in [-0.15, -0.1) is 0 Å². The Morgan fingerprint density at radius 1 is 1.27 bits per heavy atom. The maximum atomic E-state index is 13.9. The predicted molar refractivity (Wildman–Crippen MR) is 147 cm³/mol. The number of rotatable bonds is 9. The largest absolute Gasteiger partial charge is 0.491 e. The van der Waals surface area contributed by atoms with Crippen molar-refractivity contribution in [2.24, 2.45) is 0 Å². The Bertz CT molecular complexity index is 1640. The number of thioether (sulfide) groups is 1. The molecule has 2 heterocycles. The molecule has 41 heavy (non-hydrogen) atoms. The fourth-order valence-corrected chi connectivity index (χ4v) is 6.55. The van der Waals surface area contributed by atoms with Crippen LogP contribution in [0.1, 0.15) is 36.9 Å². The second-order valence-corrected chi connectivity index (χ2v) is 12.0. The summed E-state index contributed by atoms with van der Waals surface area (Å²) in [6.45, 7) is -0.382. The molecule has 1 aromatic heterocycles. The van der Waals surface area contributed by atoms with Crippen LogP contribution in [0.2, 0.25) is 5.02 Å². The first-order chi connectivity index (χ1) is 19.4. The summed E-state index contributed by atoms with van der Waals surface area (Å²) < 4.78 is 73.9. The summed E-state index contributed by atoms with van der Waals surface area (Å²) in [5.41, 5.74) is -0.801. The van der Waals surface area contributed by atoms with Crippen LogP contribution in [-0.2, 0) is 21.0 Å². The number of allylic oxidation sites excluding steroid dienone is 5. The van der Waals surface area contributed by atoms with E-state index in [1.54, 1.807) is 11.5 Å². The number of nitriles is 1. The molecule has 1 aliphatic heterocycles. The molecule has 0 spiro atoms. The molecule has 1 aliphatic carbocycles. The predicted octanol–water partition coefficient (Wildman–Crippen LogP) is 6.86. The highest BCUT2D eigenvalue weighted by Crippen LogP contribution is 2.41. The second kappa shape index (κ2) is 12.4. The number of carboxylic acid groups (broad SMARTS) is 1. The van der Waals surface area contributed by atoms with E-state index in [1.165, 1.54) is 24.2 Å². The standard InChI is InChI=1S/C27H21ClF3N3O5S2/c28-22-13-23(39-8-6-26(35)36)24(12-20(22)21-15-33-25(27(29,30)31)11-18(21)14-32)41(37,38)34-7-9-40-19(16-34)10-17-4-2-1-3-5-17/h1-2,4,7,9,11-13,15-16H,3,5-6,8,10H2,(H,35,36). The number of pyridine rings is 1. The summed E-state index contributed by atoms with van der Waals surface area (Å²) in [6, 6.07) is 4.42. The zero-order chi connectivity index (χ0) is 29.8. The van der Waals surface area contributed by atoms with Gasteiger partial charge < -0.3 is 9.84 Å². The minimum atomic E-state index is -4.81. The van der Waals surface area contributed by atoms with Crippen molar-refractivity contribution < 1.29 is 36.2 Å². The van der Waals surface area contributed by atoms with Gasteiger partial charge in [0, 0.05) is 47.1 Å². The van der Waals surface area contributed by atoms with Gasteiger partial charge >= 0.3 is 12.1 Å². The molecule has 14 heteroatoms. The number of carboxylic acids is 1. The van der Waals surface area contributed by atoms with E-state index in [4.69, 9.17) is 21.4 Å². The molecule has 4 rings (SSSR count). The number of hydrogen-bond donors (Lipinski definition) is 1. The minimum absolute atomic E-state index is 0.0766. The Balaban J connectivity index is 1.80. The van der Waals surface area contributed by atoms with Crippen molar-refractivity contribution in [3.63, 3.8) is 0 Å². The number of aliphatic carboxylic acids is 1. The van der Waals surface area contributed by atoms with Crippen LogP contribution in [0.3, 0.4) is 0 Å². The van der Waals surface area contributed by atoms with Gasteiger partial charge in [0.2, 0.25) is 0 Å². The normalized spacial score (nSPS) is 15.2. The first-order valence-electron chi connectivity index (χ1n) is 12.0. The van der Waals surface area contributed by atoms with Crippen molar-refractivity contribution in [2.75, 3.05) is 6.61 Å². The van der Waals surface area contributed by atoms with E-state index in [9.17, 15) is 31.6 Å². The topological polar surface area (TPSA) is 121 Å². The van der Waals surface area contributed by atoms with Crippen molar-refractivity contribution in [2.45, 2.75) is 36.8 Å². The summed E-state index contributed by atoms with van der Waals surface area (Å²) in [5, 5.41) is 20.0. The van der Waals surface area contributed by atoms with Gasteiger partial charge in [-0.1, -0.05) is 47.2 Å². The van der Waals surface area contributed by atoms with Crippen molar-refractivity contribution in [3.8, 4) is 22.9 Å². The highest BCUT2D eigenvalue weighted by atomic mass is 35.5. The van der Waals surface area contributed by atoms with Gasteiger partial charge in [-0.2, -0.15) is 18.4 Å². The van der Waals surface area contributed by atoms with Crippen molar-refractivity contribution in [1.82, 2.24) is 9.29 Å². The first kappa shape index (κ1) is 30.2. The van der Waals surface area contributed by atoms with Crippen LogP contribution in [0.25, 0.3) is 11.1 Å². The maximum Gasteiger partial charge on any atom is 0.433 e. The zero-order valence-electron chi connectivity index (χ0n) is 21.1. The summed E-state index contributed by atoms with van der Waals surface area (Å²) in [4.78, 5) is 14.7. The fourth-order valence-electron chi connectivity index (χ4n) is 3.99. The smallest absolute Gasteiger partial charge is 0.433 e. The van der Waals surface area contributed by atoms with E-state index in [0.29, 0.717) is 12.5 Å². The molecule has 0 fully saturated rings.